The number of alkyl halides is 3. The molecule has 0 aliphatic rings. The van der Waals surface area contributed by atoms with E-state index >= 15 is 0 Å². The molecule has 0 aliphatic heterocycles. The number of rotatable bonds is 8. The summed E-state index contributed by atoms with van der Waals surface area (Å²) in [5, 5.41) is 2.10. The molecule has 4 nitrogen and oxygen atoms in total. The van der Waals surface area contributed by atoms with E-state index in [1.807, 2.05) is 51.1 Å². The van der Waals surface area contributed by atoms with Crippen molar-refractivity contribution in [3.63, 3.8) is 0 Å². The Morgan fingerprint density at radius 1 is 0.710 bits per heavy atom. The fraction of sp³-hybridized carbons (Fsp3) is 0.213. The average Bonchev–Trinajstić information content (AvgIpc) is 3.94. The van der Waals surface area contributed by atoms with Crippen LogP contribution in [0.5, 0.6) is 0 Å². The fourth-order valence-corrected chi connectivity index (χ4v) is 8.62. The van der Waals surface area contributed by atoms with E-state index in [2.05, 4.69) is 140 Å². The molecule has 0 saturated heterocycles. The van der Waals surface area contributed by atoms with Gasteiger partial charge in [-0.2, -0.15) is 13.2 Å². The second kappa shape index (κ2) is 19.8. The van der Waals surface area contributed by atoms with Crippen LogP contribution < -0.4 is 0 Å². The molecule has 10 rings (SSSR count). The molecule has 0 spiro atoms. The Morgan fingerprint density at radius 2 is 1.39 bits per heavy atom. The monoisotopic (exact) mass is 1100 g/mol. The fourth-order valence-electron chi connectivity index (χ4n) is 8.62. The summed E-state index contributed by atoms with van der Waals surface area (Å²) in [5.74, 6) is 1.20. The Morgan fingerprint density at radius 3 is 2.01 bits per heavy atom. The number of hydrogen-bond acceptors (Lipinski definition) is 3. The number of nitrogens with zero attached hydrogens (tertiary/aromatic N) is 3. The minimum absolute atomic E-state index is 0. The molecule has 7 aromatic carbocycles. The van der Waals surface area contributed by atoms with E-state index in [1.165, 1.54) is 35.5 Å². The molecular formula is C61H54F3IrN3O-2. The molecule has 3 heterocycles. The van der Waals surface area contributed by atoms with Crippen molar-refractivity contribution in [1.82, 2.24) is 14.5 Å². The molecule has 69 heavy (non-hydrogen) atoms. The molecule has 0 aliphatic carbocycles. The molecule has 1 radical (unpaired) electrons. The van der Waals surface area contributed by atoms with Crippen LogP contribution in [0.2, 0.25) is 0 Å². The molecule has 0 amide bonds. The Kier molecular flexibility index (Phi) is 12.2. The first-order valence-electron chi connectivity index (χ1n) is 25.3. The van der Waals surface area contributed by atoms with Crippen molar-refractivity contribution < 1.29 is 44.5 Å². The molecule has 10 aromatic rings. The van der Waals surface area contributed by atoms with Crippen LogP contribution in [0.15, 0.2) is 162 Å². The van der Waals surface area contributed by atoms with Gasteiger partial charge in [0.1, 0.15) is 5.58 Å². The molecule has 0 saturated carbocycles. The van der Waals surface area contributed by atoms with E-state index in [-0.39, 0.29) is 37.5 Å². The molecule has 0 atom stereocenters. The van der Waals surface area contributed by atoms with Gasteiger partial charge in [0.25, 0.3) is 0 Å². The van der Waals surface area contributed by atoms with Gasteiger partial charge in [-0.25, -0.2) is 0 Å². The van der Waals surface area contributed by atoms with Gasteiger partial charge in [0.15, 0.2) is 0 Å². The third-order valence-electron chi connectivity index (χ3n) is 11.9. The van der Waals surface area contributed by atoms with Crippen LogP contribution in [0.4, 0.5) is 13.2 Å². The van der Waals surface area contributed by atoms with Crippen LogP contribution in [-0.4, -0.2) is 14.5 Å². The van der Waals surface area contributed by atoms with Crippen molar-refractivity contribution >= 4 is 33.0 Å². The Labute approximate surface area is 423 Å². The molecule has 0 bridgehead atoms. The maximum absolute atomic E-state index is 12.4. The summed E-state index contributed by atoms with van der Waals surface area (Å²) in [7, 11) is 0. The Bertz CT molecular complexity index is 3510. The molecule has 351 valence electrons. The summed E-state index contributed by atoms with van der Waals surface area (Å²) in [6, 6.07) is 53.9. The minimum Gasteiger partial charge on any atom is -0.501 e. The van der Waals surface area contributed by atoms with Crippen LogP contribution in [-0.2, 0) is 32.7 Å². The molecule has 0 N–H and O–H groups in total. The van der Waals surface area contributed by atoms with Gasteiger partial charge in [0, 0.05) is 44.2 Å². The van der Waals surface area contributed by atoms with Crippen molar-refractivity contribution in [3.8, 4) is 50.6 Å². The average molecular weight is 1100 g/mol. The van der Waals surface area contributed by atoms with Gasteiger partial charge in [-0.05, 0) is 117 Å². The largest absolute Gasteiger partial charge is 0.501 e. The first-order valence-corrected chi connectivity index (χ1v) is 22.8. The zero-order valence-electron chi connectivity index (χ0n) is 44.4. The van der Waals surface area contributed by atoms with Crippen molar-refractivity contribution in [2.45, 2.75) is 79.7 Å². The predicted molar refractivity (Wildman–Crippen MR) is 273 cm³/mol. The molecule has 0 unspecified atom stereocenters. The van der Waals surface area contributed by atoms with Gasteiger partial charge < -0.3 is 14.0 Å². The second-order valence-electron chi connectivity index (χ2n) is 18.7. The topological polar surface area (TPSA) is 43.9 Å². The summed E-state index contributed by atoms with van der Waals surface area (Å²) < 4.78 is 85.6. The Hall–Kier alpha value is -6.60. The van der Waals surface area contributed by atoms with Crippen LogP contribution in [0.25, 0.3) is 83.6 Å². The van der Waals surface area contributed by atoms with E-state index in [1.54, 1.807) is 0 Å². The minimum atomic E-state index is -4.41. The van der Waals surface area contributed by atoms with E-state index in [9.17, 15) is 13.2 Å². The van der Waals surface area contributed by atoms with Gasteiger partial charge in [0.05, 0.1) is 22.4 Å². The molecule has 8 heteroatoms. The normalized spacial score (nSPS) is 13.4. The zero-order chi connectivity index (χ0) is 52.2. The number of furan rings is 1. The van der Waals surface area contributed by atoms with Gasteiger partial charge >= 0.3 is 6.18 Å². The van der Waals surface area contributed by atoms with Crippen LogP contribution in [0.1, 0.15) is 95.0 Å². The molecule has 3 aromatic heterocycles. The first-order chi connectivity index (χ1) is 34.5. The number of hydrogen-bond donors (Lipinski definition) is 0. The number of aromatic nitrogens is 3. The van der Waals surface area contributed by atoms with Crippen LogP contribution >= 0.6 is 0 Å². The number of fused-ring (bicyclic) bond motifs is 4. The van der Waals surface area contributed by atoms with Crippen molar-refractivity contribution in [2.24, 2.45) is 5.41 Å². The molecule has 0 fully saturated rings. The summed E-state index contributed by atoms with van der Waals surface area (Å²) in [4.78, 5) is 9.25. The van der Waals surface area contributed by atoms with Crippen molar-refractivity contribution in [3.05, 3.63) is 198 Å². The van der Waals surface area contributed by atoms with E-state index in [0.29, 0.717) is 16.8 Å². The number of para-hydroxylation sites is 2. The number of imidazole rings is 1. The maximum Gasteiger partial charge on any atom is 0.381 e. The SMILES string of the molecule is [2H]C([2H])([2H])c1ccc(-c2[c-]cc(C(F)(F)F)cc2)nc1.[2H]C([2H])(c1ccc(-c2cc(C(C)C)c(-n3c(-c4[c-]ccc5c4oc4cc(-c6ccccc6)ccc45)nc4ccccc43)c(C(C)C)c2)cc1)C(C)(C)C.[Ir]. The van der Waals surface area contributed by atoms with Crippen molar-refractivity contribution in [2.75, 3.05) is 0 Å². The number of pyridine rings is 1. The summed E-state index contributed by atoms with van der Waals surface area (Å²) >= 11 is 0. The smallest absolute Gasteiger partial charge is 0.381 e. The third kappa shape index (κ3) is 10.4. The van der Waals surface area contributed by atoms with Gasteiger partial charge in [-0.3, -0.25) is 4.98 Å². The number of halogens is 3. The van der Waals surface area contributed by atoms with Crippen LogP contribution in [0, 0.1) is 24.4 Å². The van der Waals surface area contributed by atoms with Gasteiger partial charge in [-0.1, -0.05) is 150 Å². The number of aryl methyl sites for hydroxylation is 1. The van der Waals surface area contributed by atoms with E-state index < -0.39 is 30.4 Å². The Balaban J connectivity index is 0.000000292. The first kappa shape index (κ1) is 42.5. The summed E-state index contributed by atoms with van der Waals surface area (Å²) in [6.45, 7) is 12.6. The van der Waals surface area contributed by atoms with E-state index in [4.69, 9.17) is 16.3 Å². The van der Waals surface area contributed by atoms with Crippen LogP contribution in [0.3, 0.4) is 0 Å². The quantitative estimate of drug-likeness (QED) is 0.142. The standard InChI is InChI=1S/C48H45N2O.C13H9F3N.Ir/c1-30(2)40-26-36(34-22-20-32(21-23-34)29-48(5,6)7)27-41(31(3)4)45(40)50-43-19-12-11-18-42(43)49-47(50)39-17-13-16-38-37-25-24-35(28-44(37)51-46(38)39)33-14-9-8-10-15-33;1-9-2-7-12(17-8-9)10-3-5-11(6-4-10)13(14,15)16;/h8-16,18-28,30-31H,29H2,1-7H3;2-3,5-8H,1H3;/q2*-1;/i29D2;1D3;. The summed E-state index contributed by atoms with van der Waals surface area (Å²) in [5.41, 5.74) is 12.6. The number of benzene rings is 7. The van der Waals surface area contributed by atoms with Gasteiger partial charge in [0.2, 0.25) is 0 Å². The predicted octanol–water partition coefficient (Wildman–Crippen LogP) is 17.4. The molecular weight excluding hydrogens is 1040 g/mol. The van der Waals surface area contributed by atoms with E-state index in [0.717, 1.165) is 84.4 Å². The second-order valence-corrected chi connectivity index (χ2v) is 18.7. The summed E-state index contributed by atoms with van der Waals surface area (Å²) in [6.07, 6.45) is -4.67. The zero-order valence-corrected chi connectivity index (χ0v) is 41.8. The van der Waals surface area contributed by atoms with Crippen molar-refractivity contribution in [1.29, 1.82) is 0 Å². The van der Waals surface area contributed by atoms with Gasteiger partial charge in [-0.15, -0.1) is 48.0 Å². The third-order valence-corrected chi connectivity index (χ3v) is 11.9. The maximum atomic E-state index is 12.4.